The van der Waals surface area contributed by atoms with Crippen LogP contribution in [-0.4, -0.2) is 30.0 Å². The van der Waals surface area contributed by atoms with E-state index >= 15 is 0 Å². The molecule has 0 aromatic rings. The van der Waals surface area contributed by atoms with E-state index in [1.165, 1.54) is 6.92 Å². The highest BCUT2D eigenvalue weighted by Crippen LogP contribution is 2.21. The van der Waals surface area contributed by atoms with Crippen LogP contribution in [0.3, 0.4) is 0 Å². The summed E-state index contributed by atoms with van der Waals surface area (Å²) in [5.74, 6) is 0.354. The maximum Gasteiger partial charge on any atom is 0.390 e. The summed E-state index contributed by atoms with van der Waals surface area (Å²) in [7, 11) is 0. The molecular weight excluding hydrogens is 207 g/mol. The van der Waals surface area contributed by atoms with E-state index in [0.717, 1.165) is 0 Å². The van der Waals surface area contributed by atoms with Crippen LogP contribution >= 0.6 is 0 Å². The third-order valence-corrected chi connectivity index (χ3v) is 2.03. The van der Waals surface area contributed by atoms with Crippen molar-refractivity contribution in [3.8, 4) is 0 Å². The van der Waals surface area contributed by atoms with Gasteiger partial charge in [0.2, 0.25) is 0 Å². The van der Waals surface area contributed by atoms with Crippen LogP contribution < -0.4 is 5.32 Å². The summed E-state index contributed by atoms with van der Waals surface area (Å²) in [4.78, 5) is 0. The van der Waals surface area contributed by atoms with Gasteiger partial charge in [0.25, 0.3) is 0 Å². The molecule has 92 valence electrons. The fourth-order valence-corrected chi connectivity index (χ4v) is 1.57. The van der Waals surface area contributed by atoms with E-state index in [1.807, 2.05) is 13.8 Å². The van der Waals surface area contributed by atoms with E-state index < -0.39 is 18.6 Å². The average Bonchev–Trinajstić information content (AvgIpc) is 1.98. The number of aliphatic hydroxyl groups is 1. The fraction of sp³-hybridized carbons (Fsp3) is 1.00. The number of aliphatic hydroxyl groups excluding tert-OH is 1. The second-order valence-electron chi connectivity index (χ2n) is 4.40. The van der Waals surface area contributed by atoms with Crippen molar-refractivity contribution in [2.45, 2.75) is 51.9 Å². The Morgan fingerprint density at radius 2 is 1.73 bits per heavy atom. The van der Waals surface area contributed by atoms with E-state index in [1.54, 1.807) is 0 Å². The summed E-state index contributed by atoms with van der Waals surface area (Å²) >= 11 is 0. The van der Waals surface area contributed by atoms with Gasteiger partial charge >= 0.3 is 6.18 Å². The Bertz CT molecular complexity index is 171. The standard InChI is InChI=1S/C10H20F3NO/c1-7(2)4-9(6-15)14-8(3)5-10(11,12)13/h7-9,14-15H,4-6H2,1-3H3. The normalized spacial score (nSPS) is 16.8. The molecule has 15 heavy (non-hydrogen) atoms. The first-order valence-electron chi connectivity index (χ1n) is 5.18. The molecule has 2 nitrogen and oxygen atoms in total. The first kappa shape index (κ1) is 14.7. The van der Waals surface area contributed by atoms with Gasteiger partial charge in [0.05, 0.1) is 13.0 Å². The summed E-state index contributed by atoms with van der Waals surface area (Å²) in [5, 5.41) is 11.8. The van der Waals surface area contributed by atoms with Crippen LogP contribution in [0.25, 0.3) is 0 Å². The molecule has 0 fully saturated rings. The molecule has 0 aliphatic heterocycles. The second-order valence-corrected chi connectivity index (χ2v) is 4.40. The summed E-state index contributed by atoms with van der Waals surface area (Å²) in [6.45, 7) is 5.30. The Morgan fingerprint density at radius 3 is 2.07 bits per heavy atom. The van der Waals surface area contributed by atoms with Gasteiger partial charge in [-0.1, -0.05) is 13.8 Å². The molecule has 0 aliphatic rings. The lowest BCUT2D eigenvalue weighted by atomic mass is 10.0. The quantitative estimate of drug-likeness (QED) is 0.730. The van der Waals surface area contributed by atoms with Gasteiger partial charge in [-0.2, -0.15) is 13.2 Å². The first-order chi connectivity index (χ1) is 6.74. The minimum Gasteiger partial charge on any atom is -0.395 e. The SMILES string of the molecule is CC(C)CC(CO)NC(C)CC(F)(F)F. The maximum atomic E-state index is 12.0. The Hall–Kier alpha value is -0.290. The van der Waals surface area contributed by atoms with Crippen LogP contribution in [0.2, 0.25) is 0 Å². The summed E-state index contributed by atoms with van der Waals surface area (Å²) < 4.78 is 36.1. The zero-order chi connectivity index (χ0) is 12.1. The van der Waals surface area contributed by atoms with Crippen LogP contribution in [0, 0.1) is 5.92 Å². The molecule has 0 aromatic carbocycles. The Balaban J connectivity index is 3.96. The van der Waals surface area contributed by atoms with Crippen molar-refractivity contribution in [1.82, 2.24) is 5.32 Å². The zero-order valence-electron chi connectivity index (χ0n) is 9.43. The minimum atomic E-state index is -4.15. The molecule has 0 heterocycles. The predicted octanol–water partition coefficient (Wildman–Crippen LogP) is 2.32. The molecule has 0 amide bonds. The summed E-state index contributed by atoms with van der Waals surface area (Å²) in [6.07, 6.45) is -4.33. The Morgan fingerprint density at radius 1 is 1.20 bits per heavy atom. The molecule has 5 heteroatoms. The van der Waals surface area contributed by atoms with Crippen LogP contribution in [0.1, 0.15) is 33.6 Å². The van der Waals surface area contributed by atoms with Crippen molar-refractivity contribution in [1.29, 1.82) is 0 Å². The number of halogens is 3. The lowest BCUT2D eigenvalue weighted by Gasteiger charge is -2.23. The first-order valence-corrected chi connectivity index (χ1v) is 5.18. The van der Waals surface area contributed by atoms with E-state index in [0.29, 0.717) is 12.3 Å². The molecule has 2 N–H and O–H groups in total. The highest BCUT2D eigenvalue weighted by molar-refractivity contribution is 4.74. The molecule has 0 aromatic heterocycles. The third-order valence-electron chi connectivity index (χ3n) is 2.03. The van der Waals surface area contributed by atoms with Crippen LogP contribution in [0.4, 0.5) is 13.2 Å². The highest BCUT2D eigenvalue weighted by Gasteiger charge is 2.30. The lowest BCUT2D eigenvalue weighted by Crippen LogP contribution is -2.41. The lowest BCUT2D eigenvalue weighted by molar-refractivity contribution is -0.139. The maximum absolute atomic E-state index is 12.0. The molecule has 2 unspecified atom stereocenters. The van der Waals surface area contributed by atoms with Gasteiger partial charge < -0.3 is 10.4 Å². The van der Waals surface area contributed by atoms with Crippen molar-refractivity contribution in [3.05, 3.63) is 0 Å². The number of alkyl halides is 3. The van der Waals surface area contributed by atoms with Crippen LogP contribution in [-0.2, 0) is 0 Å². The zero-order valence-corrected chi connectivity index (χ0v) is 9.43. The minimum absolute atomic E-state index is 0.125. The molecule has 0 rings (SSSR count). The predicted molar refractivity (Wildman–Crippen MR) is 53.6 cm³/mol. The van der Waals surface area contributed by atoms with E-state index in [9.17, 15) is 13.2 Å². The Kier molecular flexibility index (Phi) is 6.20. The van der Waals surface area contributed by atoms with Gasteiger partial charge in [-0.25, -0.2) is 0 Å². The Labute approximate surface area is 88.9 Å². The molecule has 2 atom stereocenters. The second kappa shape index (κ2) is 6.33. The van der Waals surface area contributed by atoms with E-state index in [4.69, 9.17) is 5.11 Å². The summed E-state index contributed by atoms with van der Waals surface area (Å²) in [5.41, 5.74) is 0. The van der Waals surface area contributed by atoms with Crippen molar-refractivity contribution < 1.29 is 18.3 Å². The van der Waals surface area contributed by atoms with Gasteiger partial charge in [-0.3, -0.25) is 0 Å². The molecule has 0 saturated carbocycles. The monoisotopic (exact) mass is 227 g/mol. The third kappa shape index (κ3) is 8.69. The fourth-order valence-electron chi connectivity index (χ4n) is 1.57. The van der Waals surface area contributed by atoms with Gasteiger partial charge in [0.15, 0.2) is 0 Å². The number of nitrogens with one attached hydrogen (secondary N) is 1. The van der Waals surface area contributed by atoms with Crippen LogP contribution in [0.15, 0.2) is 0 Å². The number of hydrogen-bond acceptors (Lipinski definition) is 2. The van der Waals surface area contributed by atoms with Gasteiger partial charge in [0.1, 0.15) is 0 Å². The van der Waals surface area contributed by atoms with Crippen molar-refractivity contribution in [3.63, 3.8) is 0 Å². The molecule has 0 radical (unpaired) electrons. The van der Waals surface area contributed by atoms with E-state index in [-0.39, 0.29) is 12.6 Å². The summed E-state index contributed by atoms with van der Waals surface area (Å²) in [6, 6.07) is -0.900. The molecular formula is C10H20F3NO. The van der Waals surface area contributed by atoms with Crippen molar-refractivity contribution in [2.24, 2.45) is 5.92 Å². The van der Waals surface area contributed by atoms with Gasteiger partial charge in [-0.05, 0) is 19.3 Å². The topological polar surface area (TPSA) is 32.3 Å². The molecule has 0 bridgehead atoms. The number of hydrogen-bond donors (Lipinski definition) is 2. The largest absolute Gasteiger partial charge is 0.395 e. The van der Waals surface area contributed by atoms with Crippen molar-refractivity contribution >= 4 is 0 Å². The molecule has 0 saturated heterocycles. The smallest absolute Gasteiger partial charge is 0.390 e. The van der Waals surface area contributed by atoms with Gasteiger partial charge in [-0.15, -0.1) is 0 Å². The number of rotatable bonds is 6. The van der Waals surface area contributed by atoms with E-state index in [2.05, 4.69) is 5.32 Å². The highest BCUT2D eigenvalue weighted by atomic mass is 19.4. The molecule has 0 aliphatic carbocycles. The average molecular weight is 227 g/mol. The van der Waals surface area contributed by atoms with Gasteiger partial charge in [0, 0.05) is 12.1 Å². The van der Waals surface area contributed by atoms with Crippen molar-refractivity contribution in [2.75, 3.05) is 6.61 Å². The molecule has 0 spiro atoms. The van der Waals surface area contributed by atoms with Crippen LogP contribution in [0.5, 0.6) is 0 Å².